The van der Waals surface area contributed by atoms with E-state index in [1.165, 1.54) is 12.1 Å². The fourth-order valence-electron chi connectivity index (χ4n) is 2.59. The molecule has 0 aliphatic heterocycles. The van der Waals surface area contributed by atoms with Gasteiger partial charge in [0.05, 0.1) is 0 Å². The Kier molecular flexibility index (Phi) is 7.41. The van der Waals surface area contributed by atoms with Gasteiger partial charge in [0.1, 0.15) is 11.6 Å². The van der Waals surface area contributed by atoms with E-state index in [0.29, 0.717) is 19.5 Å². The molecule has 5 nitrogen and oxygen atoms in total. The molecule has 0 saturated carbocycles. The molecule has 0 fully saturated rings. The van der Waals surface area contributed by atoms with Gasteiger partial charge in [-0.2, -0.15) is 0 Å². The van der Waals surface area contributed by atoms with Gasteiger partial charge in [-0.05, 0) is 62.3 Å². The predicted octanol–water partition coefficient (Wildman–Crippen LogP) is 2.55. The number of likely N-dealkylation sites (N-methyl/N-ethyl adjacent to an activating group) is 1. The van der Waals surface area contributed by atoms with Gasteiger partial charge in [0, 0.05) is 19.1 Å². The van der Waals surface area contributed by atoms with Crippen molar-refractivity contribution in [1.82, 2.24) is 15.5 Å². The molecule has 0 saturated heterocycles. The number of halogens is 1. The van der Waals surface area contributed by atoms with Crippen LogP contribution in [0.4, 0.5) is 9.18 Å². The first-order valence-electron chi connectivity index (χ1n) is 8.64. The minimum absolute atomic E-state index is 0.141. The van der Waals surface area contributed by atoms with E-state index in [1.807, 2.05) is 26.2 Å². The number of phenols is 1. The number of nitrogens with one attached hydrogen (secondary N) is 2. The van der Waals surface area contributed by atoms with Crippen molar-refractivity contribution in [2.45, 2.75) is 18.9 Å². The van der Waals surface area contributed by atoms with Crippen LogP contribution in [0.2, 0.25) is 0 Å². The number of rotatable bonds is 8. The first-order chi connectivity index (χ1) is 12.4. The van der Waals surface area contributed by atoms with Crippen molar-refractivity contribution < 1.29 is 14.3 Å². The van der Waals surface area contributed by atoms with Gasteiger partial charge in [0.15, 0.2) is 0 Å². The normalized spacial score (nSPS) is 12.0. The van der Waals surface area contributed by atoms with Gasteiger partial charge in [0.25, 0.3) is 0 Å². The minimum Gasteiger partial charge on any atom is -0.508 e. The Labute approximate surface area is 153 Å². The third-order valence-corrected chi connectivity index (χ3v) is 4.25. The summed E-state index contributed by atoms with van der Waals surface area (Å²) >= 11 is 0. The van der Waals surface area contributed by atoms with E-state index < -0.39 is 0 Å². The van der Waals surface area contributed by atoms with E-state index in [0.717, 1.165) is 17.5 Å². The molecule has 0 bridgehead atoms. The Bertz CT molecular complexity index is 687. The van der Waals surface area contributed by atoms with Gasteiger partial charge in [-0.25, -0.2) is 9.18 Å². The first-order valence-corrected chi connectivity index (χ1v) is 8.64. The molecule has 2 rings (SSSR count). The summed E-state index contributed by atoms with van der Waals surface area (Å²) in [5.41, 5.74) is 2.07. The molecule has 2 aromatic carbocycles. The number of urea groups is 1. The van der Waals surface area contributed by atoms with Crippen LogP contribution < -0.4 is 10.6 Å². The number of hydrogen-bond donors (Lipinski definition) is 3. The van der Waals surface area contributed by atoms with Crippen LogP contribution in [0, 0.1) is 5.82 Å². The third kappa shape index (κ3) is 6.72. The molecular weight excluding hydrogens is 333 g/mol. The Morgan fingerprint density at radius 3 is 2.27 bits per heavy atom. The number of carbonyl (C=O) groups is 1. The number of amides is 2. The second-order valence-electron chi connectivity index (χ2n) is 6.50. The molecule has 1 unspecified atom stereocenters. The average Bonchev–Trinajstić information content (AvgIpc) is 2.61. The average molecular weight is 359 g/mol. The van der Waals surface area contributed by atoms with Crippen LogP contribution >= 0.6 is 0 Å². The van der Waals surface area contributed by atoms with Crippen LogP contribution in [-0.4, -0.2) is 49.3 Å². The third-order valence-electron chi connectivity index (χ3n) is 4.25. The van der Waals surface area contributed by atoms with Crippen LogP contribution in [0.5, 0.6) is 5.75 Å². The smallest absolute Gasteiger partial charge is 0.314 e. The summed E-state index contributed by atoms with van der Waals surface area (Å²) in [6.45, 7) is 0.998. The summed E-state index contributed by atoms with van der Waals surface area (Å²) < 4.78 is 12.9. The molecule has 140 valence electrons. The van der Waals surface area contributed by atoms with Crippen molar-refractivity contribution in [2.75, 3.05) is 27.2 Å². The van der Waals surface area contributed by atoms with E-state index in [-0.39, 0.29) is 23.6 Å². The molecule has 0 aliphatic rings. The quantitative estimate of drug-likeness (QED) is 0.679. The van der Waals surface area contributed by atoms with E-state index in [2.05, 4.69) is 15.5 Å². The standard InChI is InChI=1S/C20H26FN3O2/c1-24(2)18(13-16-5-9-19(25)10-6-16)14-23-20(26)22-12-11-15-3-7-17(21)8-4-15/h3-10,18,25H,11-14H2,1-2H3,(H2,22,23,26). The predicted molar refractivity (Wildman–Crippen MR) is 101 cm³/mol. The lowest BCUT2D eigenvalue weighted by molar-refractivity contribution is 0.232. The highest BCUT2D eigenvalue weighted by Gasteiger charge is 2.13. The monoisotopic (exact) mass is 359 g/mol. The molecule has 0 spiro atoms. The van der Waals surface area contributed by atoms with E-state index in [1.54, 1.807) is 24.3 Å². The fraction of sp³-hybridized carbons (Fsp3) is 0.350. The second-order valence-corrected chi connectivity index (χ2v) is 6.50. The van der Waals surface area contributed by atoms with E-state index in [9.17, 15) is 14.3 Å². The van der Waals surface area contributed by atoms with Crippen LogP contribution in [-0.2, 0) is 12.8 Å². The van der Waals surface area contributed by atoms with Gasteiger partial charge in [-0.3, -0.25) is 0 Å². The Balaban J connectivity index is 1.74. The van der Waals surface area contributed by atoms with Gasteiger partial charge in [-0.1, -0.05) is 24.3 Å². The summed E-state index contributed by atoms with van der Waals surface area (Å²) in [6.07, 6.45) is 1.42. The molecule has 2 amide bonds. The number of nitrogens with zero attached hydrogens (tertiary/aromatic N) is 1. The topological polar surface area (TPSA) is 64.6 Å². The van der Waals surface area contributed by atoms with Crippen molar-refractivity contribution in [3.8, 4) is 5.75 Å². The zero-order valence-corrected chi connectivity index (χ0v) is 15.2. The lowest BCUT2D eigenvalue weighted by Gasteiger charge is -2.25. The largest absolute Gasteiger partial charge is 0.508 e. The van der Waals surface area contributed by atoms with Crippen molar-refractivity contribution in [3.63, 3.8) is 0 Å². The van der Waals surface area contributed by atoms with Gasteiger partial charge < -0.3 is 20.6 Å². The van der Waals surface area contributed by atoms with Gasteiger partial charge in [-0.15, -0.1) is 0 Å². The minimum atomic E-state index is -0.261. The maximum absolute atomic E-state index is 12.9. The Hall–Kier alpha value is -2.60. The van der Waals surface area contributed by atoms with Crippen LogP contribution in [0.25, 0.3) is 0 Å². The van der Waals surface area contributed by atoms with E-state index in [4.69, 9.17) is 0 Å². The summed E-state index contributed by atoms with van der Waals surface area (Å²) in [5, 5.41) is 15.1. The SMILES string of the molecule is CN(C)C(CNC(=O)NCCc1ccc(F)cc1)Cc1ccc(O)cc1. The number of benzene rings is 2. The van der Waals surface area contributed by atoms with Gasteiger partial charge in [0.2, 0.25) is 0 Å². The molecular formula is C20H26FN3O2. The molecule has 2 aromatic rings. The maximum Gasteiger partial charge on any atom is 0.314 e. The lowest BCUT2D eigenvalue weighted by atomic mass is 10.1. The van der Waals surface area contributed by atoms with Crippen LogP contribution in [0.15, 0.2) is 48.5 Å². The summed E-state index contributed by atoms with van der Waals surface area (Å²) in [7, 11) is 3.94. The van der Waals surface area contributed by atoms with Crippen molar-refractivity contribution >= 4 is 6.03 Å². The number of aromatic hydroxyl groups is 1. The van der Waals surface area contributed by atoms with Crippen LogP contribution in [0.1, 0.15) is 11.1 Å². The Morgan fingerprint density at radius 1 is 1.04 bits per heavy atom. The molecule has 0 radical (unpaired) electrons. The lowest BCUT2D eigenvalue weighted by Crippen LogP contribution is -2.45. The highest BCUT2D eigenvalue weighted by Crippen LogP contribution is 2.12. The van der Waals surface area contributed by atoms with Crippen molar-refractivity contribution in [3.05, 3.63) is 65.5 Å². The number of phenolic OH excluding ortho intramolecular Hbond substituents is 1. The van der Waals surface area contributed by atoms with Crippen molar-refractivity contribution in [1.29, 1.82) is 0 Å². The molecule has 0 aliphatic carbocycles. The molecule has 26 heavy (non-hydrogen) atoms. The number of carbonyl (C=O) groups excluding carboxylic acids is 1. The summed E-state index contributed by atoms with van der Waals surface area (Å²) in [6, 6.07) is 13.3. The zero-order chi connectivity index (χ0) is 18.9. The van der Waals surface area contributed by atoms with Crippen molar-refractivity contribution in [2.24, 2.45) is 0 Å². The zero-order valence-electron chi connectivity index (χ0n) is 15.2. The highest BCUT2D eigenvalue weighted by atomic mass is 19.1. The van der Waals surface area contributed by atoms with Gasteiger partial charge >= 0.3 is 6.03 Å². The molecule has 6 heteroatoms. The highest BCUT2D eigenvalue weighted by molar-refractivity contribution is 5.73. The maximum atomic E-state index is 12.9. The summed E-state index contributed by atoms with van der Waals surface area (Å²) in [5.74, 6) is -0.0170. The van der Waals surface area contributed by atoms with E-state index >= 15 is 0 Å². The second kappa shape index (κ2) is 9.77. The molecule has 1 atom stereocenters. The molecule has 3 N–H and O–H groups in total. The fourth-order valence-corrected chi connectivity index (χ4v) is 2.59. The first kappa shape index (κ1) is 19.7. The number of hydrogen-bond acceptors (Lipinski definition) is 3. The molecule has 0 aromatic heterocycles. The summed E-state index contributed by atoms with van der Waals surface area (Å²) in [4.78, 5) is 14.0. The van der Waals surface area contributed by atoms with Crippen LogP contribution in [0.3, 0.4) is 0 Å². The molecule has 0 heterocycles. The Morgan fingerprint density at radius 2 is 1.65 bits per heavy atom.